The Hall–Kier alpha value is -3.13. The van der Waals surface area contributed by atoms with Gasteiger partial charge in [-0.3, -0.25) is 14.3 Å². The molecule has 1 atom stereocenters. The van der Waals surface area contributed by atoms with E-state index in [4.69, 9.17) is 15.0 Å². The third-order valence-electron chi connectivity index (χ3n) is 6.02. The zero-order chi connectivity index (χ0) is 24.5. The summed E-state index contributed by atoms with van der Waals surface area (Å²) in [7, 11) is -2.98. The number of nitrogens with zero attached hydrogens (tertiary/aromatic N) is 1. The molecule has 2 aliphatic rings. The van der Waals surface area contributed by atoms with E-state index in [9.17, 15) is 14.2 Å². The molecule has 3 N–H and O–H groups in total. The molecule has 2 saturated heterocycles. The molecule has 182 valence electrons. The van der Waals surface area contributed by atoms with Crippen LogP contribution >= 0.6 is 7.37 Å². The summed E-state index contributed by atoms with van der Waals surface area (Å²) in [5, 5.41) is 2.55. The monoisotopic (exact) mass is 493 g/mol. The highest BCUT2D eigenvalue weighted by molar-refractivity contribution is 7.59. The smallest absolute Gasteiger partial charge is 0.414 e. The van der Waals surface area contributed by atoms with Gasteiger partial charge in [-0.1, -0.05) is 0 Å². The van der Waals surface area contributed by atoms with Gasteiger partial charge in [-0.05, 0) is 55.2 Å². The van der Waals surface area contributed by atoms with E-state index in [0.29, 0.717) is 24.3 Å². The number of benzene rings is 2. The summed E-state index contributed by atoms with van der Waals surface area (Å²) in [4.78, 5) is 24.4. The number of amides is 2. The van der Waals surface area contributed by atoms with E-state index in [1.165, 1.54) is 6.92 Å². The first-order valence-corrected chi connectivity index (χ1v) is 13.0. The van der Waals surface area contributed by atoms with Crippen molar-refractivity contribution in [1.29, 1.82) is 0 Å². The molecule has 0 unspecified atom stereocenters. The van der Waals surface area contributed by atoms with Crippen molar-refractivity contribution in [3.05, 3.63) is 53.6 Å². The van der Waals surface area contributed by atoms with Crippen LogP contribution in [0.25, 0.3) is 0 Å². The Morgan fingerprint density at radius 2 is 1.82 bits per heavy atom. The average molecular weight is 493 g/mol. The standard InChI is InChI=1S/C23H26F2N3O5P/c1-14(29)27-12-19-13-28(23(30)32-19)17-10-20(24)22(21(25)11-17)15-6-8-34(31,9-7-15)33-18-4-2-16(26)3-5-18/h2-5,10-11,15,19H,6-9,12-13,26H2,1H3,(H,27,29)/t15?,19-,34?/m0/s1. The molecule has 2 amide bonds. The van der Waals surface area contributed by atoms with E-state index in [0.717, 1.165) is 17.0 Å². The number of nitrogens with two attached hydrogens (primary N) is 1. The van der Waals surface area contributed by atoms with Crippen LogP contribution in [0.2, 0.25) is 0 Å². The van der Waals surface area contributed by atoms with Crippen LogP contribution < -0.4 is 20.5 Å². The summed E-state index contributed by atoms with van der Waals surface area (Å²) in [6.07, 6.45) is -0.331. The van der Waals surface area contributed by atoms with Crippen molar-refractivity contribution in [3.63, 3.8) is 0 Å². The number of hydrogen-bond acceptors (Lipinski definition) is 6. The number of rotatable bonds is 6. The molecule has 8 nitrogen and oxygen atoms in total. The SMILES string of the molecule is CC(=O)NC[C@H]1CN(c2cc(F)c(C3CCP(=O)(Oc4ccc(N)cc4)CC3)c(F)c2)C(=O)O1. The molecule has 2 fully saturated rings. The van der Waals surface area contributed by atoms with Gasteiger partial charge in [0.25, 0.3) is 0 Å². The quantitative estimate of drug-likeness (QED) is 0.460. The summed E-state index contributed by atoms with van der Waals surface area (Å²) in [6, 6.07) is 8.81. The van der Waals surface area contributed by atoms with E-state index < -0.39 is 37.1 Å². The summed E-state index contributed by atoms with van der Waals surface area (Å²) in [6.45, 7) is 1.51. The summed E-state index contributed by atoms with van der Waals surface area (Å²) >= 11 is 0. The van der Waals surface area contributed by atoms with E-state index in [-0.39, 0.29) is 42.6 Å². The van der Waals surface area contributed by atoms with Crippen LogP contribution in [0, 0.1) is 11.6 Å². The lowest BCUT2D eigenvalue weighted by Crippen LogP contribution is -2.33. The topological polar surface area (TPSA) is 111 Å². The number of carbonyl (C=O) groups excluding carboxylic acids is 2. The Bertz CT molecular complexity index is 1110. The lowest BCUT2D eigenvalue weighted by molar-refractivity contribution is -0.119. The molecule has 2 aliphatic heterocycles. The maximum absolute atomic E-state index is 15.0. The second-order valence-corrected chi connectivity index (χ2v) is 11.3. The lowest BCUT2D eigenvalue weighted by atomic mass is 9.92. The zero-order valence-electron chi connectivity index (χ0n) is 18.6. The van der Waals surface area contributed by atoms with Gasteiger partial charge in [0.1, 0.15) is 23.5 Å². The third-order valence-corrected chi connectivity index (χ3v) is 8.45. The number of hydrogen-bond donors (Lipinski definition) is 2. The van der Waals surface area contributed by atoms with Crippen molar-refractivity contribution >= 4 is 30.7 Å². The molecule has 0 aliphatic carbocycles. The Morgan fingerprint density at radius 3 is 2.41 bits per heavy atom. The molecule has 2 heterocycles. The van der Waals surface area contributed by atoms with Crippen molar-refractivity contribution in [2.45, 2.75) is 31.8 Å². The van der Waals surface area contributed by atoms with Crippen LogP contribution in [-0.4, -0.2) is 43.5 Å². The maximum atomic E-state index is 15.0. The van der Waals surface area contributed by atoms with Crippen LogP contribution in [0.1, 0.15) is 31.2 Å². The zero-order valence-corrected chi connectivity index (χ0v) is 19.5. The number of ether oxygens (including phenoxy) is 1. The molecule has 2 aromatic carbocycles. The largest absolute Gasteiger partial charge is 0.443 e. The number of nitrogens with one attached hydrogen (secondary N) is 1. The van der Waals surface area contributed by atoms with Crippen LogP contribution in [0.3, 0.4) is 0 Å². The fraction of sp³-hybridized carbons (Fsp3) is 0.391. The van der Waals surface area contributed by atoms with Crippen LogP contribution in [-0.2, 0) is 14.1 Å². The van der Waals surface area contributed by atoms with E-state index in [2.05, 4.69) is 5.32 Å². The van der Waals surface area contributed by atoms with Crippen molar-refractivity contribution in [2.75, 3.05) is 36.0 Å². The Kier molecular flexibility index (Phi) is 6.79. The number of carbonyl (C=O) groups is 2. The molecule has 0 bridgehead atoms. The van der Waals surface area contributed by atoms with Gasteiger partial charge in [0.15, 0.2) is 0 Å². The number of anilines is 2. The minimum Gasteiger partial charge on any atom is -0.443 e. The Morgan fingerprint density at radius 1 is 1.21 bits per heavy atom. The van der Waals surface area contributed by atoms with E-state index in [1.807, 2.05) is 0 Å². The summed E-state index contributed by atoms with van der Waals surface area (Å²) in [5.74, 6) is -1.81. The molecular weight excluding hydrogens is 467 g/mol. The molecule has 11 heteroatoms. The highest BCUT2D eigenvalue weighted by Crippen LogP contribution is 2.54. The van der Waals surface area contributed by atoms with Crippen LogP contribution in [0.15, 0.2) is 36.4 Å². The Balaban J connectivity index is 1.43. The molecule has 0 aromatic heterocycles. The maximum Gasteiger partial charge on any atom is 0.414 e. The predicted molar refractivity (Wildman–Crippen MR) is 123 cm³/mol. The summed E-state index contributed by atoms with van der Waals surface area (Å²) in [5.41, 5.74) is 6.18. The second-order valence-electron chi connectivity index (χ2n) is 8.57. The Labute approximate surface area is 195 Å². The first-order chi connectivity index (χ1) is 16.1. The minimum atomic E-state index is -2.98. The van der Waals surface area contributed by atoms with Gasteiger partial charge in [-0.15, -0.1) is 0 Å². The van der Waals surface area contributed by atoms with Gasteiger partial charge < -0.3 is 20.3 Å². The number of halogens is 2. The first-order valence-electron chi connectivity index (χ1n) is 11.0. The van der Waals surface area contributed by atoms with Gasteiger partial charge in [-0.25, -0.2) is 13.6 Å². The third kappa shape index (κ3) is 5.33. The molecule has 4 rings (SSSR count). The fourth-order valence-electron chi connectivity index (χ4n) is 4.27. The normalized spacial score (nSPS) is 24.6. The molecule has 0 saturated carbocycles. The molecule has 0 radical (unpaired) electrons. The van der Waals surface area contributed by atoms with E-state index in [1.54, 1.807) is 24.3 Å². The average Bonchev–Trinajstić information content (AvgIpc) is 3.15. The van der Waals surface area contributed by atoms with Crippen molar-refractivity contribution < 1.29 is 32.2 Å². The number of cyclic esters (lactones) is 1. The lowest BCUT2D eigenvalue weighted by Gasteiger charge is -2.30. The highest BCUT2D eigenvalue weighted by Gasteiger charge is 2.37. The predicted octanol–water partition coefficient (Wildman–Crippen LogP) is 4.24. The van der Waals surface area contributed by atoms with Crippen molar-refractivity contribution in [2.24, 2.45) is 0 Å². The van der Waals surface area contributed by atoms with Crippen LogP contribution in [0.4, 0.5) is 25.0 Å². The van der Waals surface area contributed by atoms with E-state index >= 15 is 8.78 Å². The van der Waals surface area contributed by atoms with Crippen LogP contribution in [0.5, 0.6) is 5.75 Å². The first kappa shape index (κ1) is 24.0. The van der Waals surface area contributed by atoms with Crippen molar-refractivity contribution in [3.8, 4) is 5.75 Å². The van der Waals surface area contributed by atoms with Crippen molar-refractivity contribution in [1.82, 2.24) is 5.32 Å². The van der Waals surface area contributed by atoms with Gasteiger partial charge in [0.05, 0.1) is 18.8 Å². The highest BCUT2D eigenvalue weighted by atomic mass is 31.2. The molecule has 34 heavy (non-hydrogen) atoms. The van der Waals surface area contributed by atoms with Gasteiger partial charge in [0, 0.05) is 30.5 Å². The fourth-order valence-corrected chi connectivity index (χ4v) is 6.60. The second kappa shape index (κ2) is 9.62. The van der Waals surface area contributed by atoms with Gasteiger partial charge in [0.2, 0.25) is 13.3 Å². The minimum absolute atomic E-state index is 0.0437. The van der Waals surface area contributed by atoms with Gasteiger partial charge in [-0.2, -0.15) is 0 Å². The van der Waals surface area contributed by atoms with Gasteiger partial charge >= 0.3 is 6.09 Å². The molecule has 0 spiro atoms. The summed E-state index contributed by atoms with van der Waals surface area (Å²) < 4.78 is 54.0. The molecular formula is C23H26F2N3O5P. The molecule has 2 aromatic rings. The number of nitrogen functional groups attached to an aromatic ring is 1.